The standard InChI is InChI=1S/C28H37N5O5.C3H8.C2H7N.2C2H6.CH2O/c1-4-6-12-21(24(34)26(36)30-14-5-2)31-25(35)22-13-9-15-33(22)27(37)23(32-28(38)29-3)20-16-18-10-7-8-11-19(18)17-20;2*1-3-2;3*1-2/h1,5,7-8,10-11,18-23H,2,6,9,12-17H2,3H3,(H,30,36)(H,31,35)(H2,29,32,38);3H2,1-2H3;3H,1-2H3;2*1-2H3;1H2. The first-order chi connectivity index (χ1) is 24.1. The number of Topliss-reactive ketones (excluding diaryl/α,β-unsaturated/α-hetero) is 1. The highest BCUT2D eigenvalue weighted by Gasteiger charge is 2.45. The SMILES string of the molecule is C#CCCC(NC(=O)C1CCCN1C(=O)C(NC(=O)NC)C1CC2C=CC=CC2C1)C(=O)C(=O)NCC=C.C=O.CC.CC.CCC.CNC. The van der Waals surface area contributed by atoms with E-state index in [1.54, 1.807) is 0 Å². The second-order valence-corrected chi connectivity index (χ2v) is 11.1. The van der Waals surface area contributed by atoms with Crippen molar-refractivity contribution >= 4 is 36.3 Å². The third kappa shape index (κ3) is 18.0. The fourth-order valence-corrected chi connectivity index (χ4v) is 5.52. The zero-order valence-electron chi connectivity index (χ0n) is 32.1. The third-order valence-electron chi connectivity index (χ3n) is 7.46. The van der Waals surface area contributed by atoms with Crippen LogP contribution in [-0.2, 0) is 24.0 Å². The molecule has 3 rings (SSSR count). The minimum atomic E-state index is -1.11. The second-order valence-electron chi connectivity index (χ2n) is 11.1. The van der Waals surface area contributed by atoms with Crippen LogP contribution in [0.3, 0.4) is 0 Å². The van der Waals surface area contributed by atoms with Gasteiger partial charge in [-0.1, -0.05) is 78.3 Å². The number of urea groups is 1. The molecule has 1 saturated carbocycles. The molecule has 2 aliphatic carbocycles. The van der Waals surface area contributed by atoms with Gasteiger partial charge in [-0.2, -0.15) is 0 Å². The number of carbonyl (C=O) groups excluding carboxylic acids is 6. The first-order valence-electron chi connectivity index (χ1n) is 17.8. The number of carbonyl (C=O) groups is 6. The lowest BCUT2D eigenvalue weighted by Crippen LogP contribution is -2.58. The lowest BCUT2D eigenvalue weighted by molar-refractivity contribution is -0.143. The van der Waals surface area contributed by atoms with E-state index in [0.717, 1.165) is 12.8 Å². The number of ketones is 1. The fourth-order valence-electron chi connectivity index (χ4n) is 5.52. The summed E-state index contributed by atoms with van der Waals surface area (Å²) in [6.07, 6.45) is 19.1. The molecule has 1 saturated heterocycles. The smallest absolute Gasteiger partial charge is 0.315 e. The normalized spacial score (nSPS) is 20.0. The number of allylic oxidation sites excluding steroid dienone is 4. The molecule has 0 aromatic heterocycles. The van der Waals surface area contributed by atoms with Crippen LogP contribution in [0.1, 0.15) is 86.5 Å². The van der Waals surface area contributed by atoms with E-state index < -0.39 is 41.8 Å². The Morgan fingerprint density at radius 1 is 0.960 bits per heavy atom. The largest absolute Gasteiger partial charge is 0.346 e. The van der Waals surface area contributed by atoms with Gasteiger partial charge >= 0.3 is 6.03 Å². The van der Waals surface area contributed by atoms with Crippen molar-refractivity contribution in [2.45, 2.75) is 105 Å². The Balaban J connectivity index is -0.00000164. The predicted molar refractivity (Wildman–Crippen MR) is 203 cm³/mol. The highest BCUT2D eigenvalue weighted by Crippen LogP contribution is 2.42. The summed E-state index contributed by atoms with van der Waals surface area (Å²) in [5.41, 5.74) is 0. The molecule has 50 heavy (non-hydrogen) atoms. The van der Waals surface area contributed by atoms with Gasteiger partial charge < -0.3 is 36.3 Å². The van der Waals surface area contributed by atoms with Gasteiger partial charge in [0.05, 0.1) is 6.04 Å². The van der Waals surface area contributed by atoms with Crippen LogP contribution in [0.4, 0.5) is 4.79 Å². The highest BCUT2D eigenvalue weighted by atomic mass is 16.2. The molecule has 284 valence electrons. The van der Waals surface area contributed by atoms with Crippen molar-refractivity contribution in [1.82, 2.24) is 31.5 Å². The Bertz CT molecular complexity index is 1080. The lowest BCUT2D eigenvalue weighted by atomic mass is 9.92. The van der Waals surface area contributed by atoms with Crippen LogP contribution in [0, 0.1) is 30.1 Å². The number of hydrogen-bond donors (Lipinski definition) is 5. The first-order valence-corrected chi connectivity index (χ1v) is 17.8. The van der Waals surface area contributed by atoms with Crippen LogP contribution in [0.2, 0.25) is 0 Å². The number of nitrogens with zero attached hydrogens (tertiary/aromatic N) is 1. The topological polar surface area (TPSA) is 166 Å². The van der Waals surface area contributed by atoms with Gasteiger partial charge in [0.2, 0.25) is 17.6 Å². The molecule has 1 heterocycles. The van der Waals surface area contributed by atoms with Gasteiger partial charge in [-0.3, -0.25) is 19.2 Å². The zero-order valence-corrected chi connectivity index (χ0v) is 32.1. The average molecular weight is 703 g/mol. The molecule has 5 unspecified atom stereocenters. The second kappa shape index (κ2) is 32.0. The van der Waals surface area contributed by atoms with E-state index in [2.05, 4.69) is 65.1 Å². The maximum atomic E-state index is 13.8. The molecule has 0 spiro atoms. The molecule has 0 aromatic rings. The van der Waals surface area contributed by atoms with E-state index in [9.17, 15) is 24.0 Å². The van der Waals surface area contributed by atoms with Gasteiger partial charge in [-0.15, -0.1) is 18.9 Å². The molecule has 3 aliphatic rings. The van der Waals surface area contributed by atoms with Crippen molar-refractivity contribution in [3.8, 4) is 12.3 Å². The Hall–Kier alpha value is -4.24. The van der Waals surface area contributed by atoms with E-state index >= 15 is 0 Å². The number of nitrogens with one attached hydrogen (secondary N) is 5. The number of hydrogen-bond acceptors (Lipinski definition) is 7. The van der Waals surface area contributed by atoms with Crippen LogP contribution in [0.15, 0.2) is 37.0 Å². The number of terminal acetylenes is 1. The van der Waals surface area contributed by atoms with Crippen LogP contribution in [0.25, 0.3) is 0 Å². The molecule has 0 aromatic carbocycles. The van der Waals surface area contributed by atoms with E-state index in [1.165, 1.54) is 24.4 Å². The molecule has 1 aliphatic heterocycles. The molecular weight excluding hydrogens is 636 g/mol. The van der Waals surface area contributed by atoms with Crippen molar-refractivity contribution in [2.24, 2.45) is 17.8 Å². The zero-order chi connectivity index (χ0) is 39.1. The summed E-state index contributed by atoms with van der Waals surface area (Å²) >= 11 is 0. The number of amides is 5. The molecule has 5 amide bonds. The maximum absolute atomic E-state index is 13.8. The van der Waals surface area contributed by atoms with Gasteiger partial charge in [0.25, 0.3) is 5.91 Å². The van der Waals surface area contributed by atoms with Crippen LogP contribution >= 0.6 is 0 Å². The van der Waals surface area contributed by atoms with Gasteiger partial charge in [-0.05, 0) is 64.0 Å². The van der Waals surface area contributed by atoms with Crippen molar-refractivity contribution in [1.29, 1.82) is 0 Å². The minimum absolute atomic E-state index is 0.0926. The number of rotatable bonds is 11. The third-order valence-corrected chi connectivity index (χ3v) is 7.46. The monoisotopic (exact) mass is 703 g/mol. The quantitative estimate of drug-likeness (QED) is 0.124. The predicted octanol–water partition coefficient (Wildman–Crippen LogP) is 3.93. The lowest BCUT2D eigenvalue weighted by Gasteiger charge is -2.32. The Morgan fingerprint density at radius 3 is 1.94 bits per heavy atom. The molecule has 12 heteroatoms. The maximum Gasteiger partial charge on any atom is 0.315 e. The summed E-state index contributed by atoms with van der Waals surface area (Å²) in [5.74, 6) is 0.454. The molecule has 0 bridgehead atoms. The Labute approximate surface area is 302 Å². The minimum Gasteiger partial charge on any atom is -0.346 e. The number of fused-ring (bicyclic) bond motifs is 1. The van der Waals surface area contributed by atoms with Crippen molar-refractivity contribution < 1.29 is 28.8 Å². The summed E-state index contributed by atoms with van der Waals surface area (Å²) in [6, 6.07) is -3.19. The molecule has 5 N–H and O–H groups in total. The summed E-state index contributed by atoms with van der Waals surface area (Å²) in [6.45, 7) is 18.2. The Morgan fingerprint density at radius 2 is 1.48 bits per heavy atom. The summed E-state index contributed by atoms with van der Waals surface area (Å²) in [4.78, 5) is 73.9. The molecule has 12 nitrogen and oxygen atoms in total. The van der Waals surface area contributed by atoms with Crippen molar-refractivity contribution in [2.75, 3.05) is 34.2 Å². The molecular formula is C38H66N6O6. The first kappa shape index (κ1) is 50.1. The van der Waals surface area contributed by atoms with Gasteiger partial charge in [0.1, 0.15) is 18.9 Å². The number of likely N-dealkylation sites (tertiary alicyclic amines) is 1. The van der Waals surface area contributed by atoms with Crippen molar-refractivity contribution in [3.63, 3.8) is 0 Å². The van der Waals surface area contributed by atoms with Gasteiger partial charge in [0.15, 0.2) is 0 Å². The van der Waals surface area contributed by atoms with E-state index in [4.69, 9.17) is 11.2 Å². The average Bonchev–Trinajstić information content (AvgIpc) is 3.82. The molecule has 0 radical (unpaired) electrons. The van der Waals surface area contributed by atoms with E-state index in [0.29, 0.717) is 31.2 Å². The highest BCUT2D eigenvalue weighted by molar-refractivity contribution is 6.38. The van der Waals surface area contributed by atoms with E-state index in [-0.39, 0.29) is 31.2 Å². The van der Waals surface area contributed by atoms with Crippen LogP contribution in [-0.4, -0.2) is 93.6 Å². The van der Waals surface area contributed by atoms with Gasteiger partial charge in [-0.25, -0.2) is 4.79 Å². The Kier molecular flexibility index (Phi) is 32.1. The van der Waals surface area contributed by atoms with Gasteiger partial charge in [0, 0.05) is 26.6 Å². The van der Waals surface area contributed by atoms with Crippen molar-refractivity contribution in [3.05, 3.63) is 37.0 Å². The molecule has 2 fully saturated rings. The van der Waals surface area contributed by atoms with Crippen LogP contribution < -0.4 is 26.6 Å². The summed E-state index contributed by atoms with van der Waals surface area (Å²) in [7, 11) is 5.24. The fraction of sp³-hybridized carbons (Fsp3) is 0.632. The summed E-state index contributed by atoms with van der Waals surface area (Å²) < 4.78 is 0. The summed E-state index contributed by atoms with van der Waals surface area (Å²) in [5, 5.41) is 13.2. The molecule has 5 atom stereocenters. The van der Waals surface area contributed by atoms with E-state index in [1.807, 2.05) is 60.7 Å². The van der Waals surface area contributed by atoms with Crippen LogP contribution in [0.5, 0.6) is 0 Å².